The fourth-order valence-electron chi connectivity index (χ4n) is 3.02. The van der Waals surface area contributed by atoms with E-state index in [0.717, 1.165) is 31.4 Å². The molecule has 1 amide bonds. The summed E-state index contributed by atoms with van der Waals surface area (Å²) < 4.78 is 5.19. The summed E-state index contributed by atoms with van der Waals surface area (Å²) in [6, 6.07) is 9.43. The van der Waals surface area contributed by atoms with Gasteiger partial charge in [0.05, 0.1) is 0 Å². The summed E-state index contributed by atoms with van der Waals surface area (Å²) in [6.45, 7) is 1.52. The summed E-state index contributed by atoms with van der Waals surface area (Å²) in [7, 11) is 3.87. The van der Waals surface area contributed by atoms with Crippen LogP contribution in [0.4, 0.5) is 5.69 Å². The molecule has 6 nitrogen and oxygen atoms in total. The number of nitriles is 1. The van der Waals surface area contributed by atoms with Crippen molar-refractivity contribution in [3.63, 3.8) is 0 Å². The largest absolute Gasteiger partial charge is 0.448 e. The van der Waals surface area contributed by atoms with Crippen molar-refractivity contribution in [2.24, 2.45) is 0 Å². The number of rotatable bonds is 6. The smallest absolute Gasteiger partial charge is 0.349 e. The molecule has 0 spiro atoms. The number of hydrogen-bond donors (Lipinski definition) is 1. The van der Waals surface area contributed by atoms with E-state index in [1.54, 1.807) is 0 Å². The predicted octanol–water partition coefficient (Wildman–Crippen LogP) is 3.04. The van der Waals surface area contributed by atoms with Gasteiger partial charge in [-0.1, -0.05) is 31.4 Å². The maximum Gasteiger partial charge on any atom is 0.349 e. The van der Waals surface area contributed by atoms with Crippen LogP contribution in [0, 0.1) is 11.3 Å². The van der Waals surface area contributed by atoms with Gasteiger partial charge in [0, 0.05) is 25.8 Å². The van der Waals surface area contributed by atoms with E-state index in [1.807, 2.05) is 49.3 Å². The number of nitrogens with one attached hydrogen (secondary N) is 1. The van der Waals surface area contributed by atoms with Gasteiger partial charge in [-0.3, -0.25) is 4.79 Å². The molecular formula is C21H27N3O3. The van der Waals surface area contributed by atoms with Crippen LogP contribution < -0.4 is 10.2 Å². The van der Waals surface area contributed by atoms with Crippen LogP contribution in [0.25, 0.3) is 6.08 Å². The minimum absolute atomic E-state index is 0.134. The average molecular weight is 369 g/mol. The zero-order chi connectivity index (χ0) is 19.8. The molecule has 2 rings (SSSR count). The first-order chi connectivity index (χ1) is 12.9. The van der Waals surface area contributed by atoms with E-state index in [1.165, 1.54) is 19.4 Å². The van der Waals surface area contributed by atoms with E-state index in [0.29, 0.717) is 5.56 Å². The molecule has 27 heavy (non-hydrogen) atoms. The molecule has 144 valence electrons. The Morgan fingerprint density at radius 1 is 1.22 bits per heavy atom. The van der Waals surface area contributed by atoms with Gasteiger partial charge in [0.15, 0.2) is 6.10 Å². The second-order valence-electron chi connectivity index (χ2n) is 7.05. The first-order valence-electron chi connectivity index (χ1n) is 9.31. The molecule has 0 radical (unpaired) electrons. The highest BCUT2D eigenvalue weighted by atomic mass is 16.5. The second kappa shape index (κ2) is 9.77. The summed E-state index contributed by atoms with van der Waals surface area (Å²) in [5.74, 6) is -1.11. The van der Waals surface area contributed by atoms with Gasteiger partial charge in [0.2, 0.25) is 0 Å². The van der Waals surface area contributed by atoms with Gasteiger partial charge in [0.1, 0.15) is 11.6 Å². The Kier molecular flexibility index (Phi) is 7.42. The highest BCUT2D eigenvalue weighted by Gasteiger charge is 2.23. The molecule has 0 aliphatic heterocycles. The Hall–Kier alpha value is -2.81. The number of ether oxygens (including phenoxy) is 1. The maximum absolute atomic E-state index is 12.3. The normalized spacial score (nSPS) is 16.1. The number of nitrogens with zero attached hydrogens (tertiary/aromatic N) is 2. The minimum Gasteiger partial charge on any atom is -0.448 e. The molecule has 0 aromatic heterocycles. The van der Waals surface area contributed by atoms with Gasteiger partial charge >= 0.3 is 5.97 Å². The third kappa shape index (κ3) is 6.14. The third-order valence-electron chi connectivity index (χ3n) is 4.67. The van der Waals surface area contributed by atoms with Crippen LogP contribution in [0.3, 0.4) is 0 Å². The summed E-state index contributed by atoms with van der Waals surface area (Å²) >= 11 is 0. The van der Waals surface area contributed by atoms with Crippen LogP contribution in [-0.4, -0.2) is 38.1 Å². The molecule has 1 N–H and O–H groups in total. The summed E-state index contributed by atoms with van der Waals surface area (Å²) in [5.41, 5.74) is 1.60. The van der Waals surface area contributed by atoms with Crippen LogP contribution in [0.5, 0.6) is 0 Å². The van der Waals surface area contributed by atoms with E-state index in [2.05, 4.69) is 5.32 Å². The molecule has 0 unspecified atom stereocenters. The first kappa shape index (κ1) is 20.5. The van der Waals surface area contributed by atoms with E-state index in [-0.39, 0.29) is 17.5 Å². The summed E-state index contributed by atoms with van der Waals surface area (Å²) in [6.07, 6.45) is 5.85. The lowest BCUT2D eigenvalue weighted by Crippen LogP contribution is -2.42. The Bertz CT molecular complexity index is 726. The monoisotopic (exact) mass is 369 g/mol. The fraction of sp³-hybridized carbons (Fsp3) is 0.476. The molecule has 6 heteroatoms. The second-order valence-corrected chi connectivity index (χ2v) is 7.05. The molecule has 1 saturated carbocycles. The number of hydrogen-bond acceptors (Lipinski definition) is 5. The van der Waals surface area contributed by atoms with Gasteiger partial charge in [-0.25, -0.2) is 4.79 Å². The summed E-state index contributed by atoms with van der Waals surface area (Å²) in [4.78, 5) is 26.4. The lowest BCUT2D eigenvalue weighted by Gasteiger charge is -2.24. The van der Waals surface area contributed by atoms with Crippen LogP contribution in [0.15, 0.2) is 29.8 Å². The Labute approximate surface area is 160 Å². The number of carbonyl (C=O) groups excluding carboxylic acids is 2. The Balaban J connectivity index is 1.96. The zero-order valence-electron chi connectivity index (χ0n) is 16.2. The highest BCUT2D eigenvalue weighted by Crippen LogP contribution is 2.18. The molecule has 0 heterocycles. The number of esters is 1. The number of carbonyl (C=O) groups is 2. The summed E-state index contributed by atoms with van der Waals surface area (Å²) in [5, 5.41) is 12.2. The molecule has 0 saturated heterocycles. The molecule has 1 fully saturated rings. The zero-order valence-corrected chi connectivity index (χ0v) is 16.2. The van der Waals surface area contributed by atoms with Crippen LogP contribution in [-0.2, 0) is 14.3 Å². The molecule has 1 aromatic rings. The van der Waals surface area contributed by atoms with Crippen molar-refractivity contribution in [3.05, 3.63) is 35.4 Å². The van der Waals surface area contributed by atoms with Gasteiger partial charge in [-0.2, -0.15) is 5.26 Å². The number of amides is 1. The van der Waals surface area contributed by atoms with E-state index in [4.69, 9.17) is 4.74 Å². The molecular weight excluding hydrogens is 342 g/mol. The van der Waals surface area contributed by atoms with Crippen molar-refractivity contribution in [2.75, 3.05) is 19.0 Å². The standard InChI is InChI=1S/C21H27N3O3/c1-15(20(25)23-18-7-5-4-6-8-18)27-21(26)17(14-22)13-16-9-11-19(12-10-16)24(2)3/h9-13,15,18H,4-8H2,1-3H3,(H,23,25)/b17-13+/t15-/m0/s1. The fourth-order valence-corrected chi connectivity index (χ4v) is 3.02. The molecule has 0 bridgehead atoms. The quantitative estimate of drug-likeness (QED) is 0.473. The third-order valence-corrected chi connectivity index (χ3v) is 4.67. The van der Waals surface area contributed by atoms with Crippen molar-refractivity contribution in [1.82, 2.24) is 5.32 Å². The van der Waals surface area contributed by atoms with Crippen molar-refractivity contribution in [3.8, 4) is 6.07 Å². The molecule has 1 atom stereocenters. The number of anilines is 1. The van der Waals surface area contributed by atoms with Crippen molar-refractivity contribution >= 4 is 23.6 Å². The van der Waals surface area contributed by atoms with Gasteiger partial charge in [-0.15, -0.1) is 0 Å². The topological polar surface area (TPSA) is 82.4 Å². The van der Waals surface area contributed by atoms with Gasteiger partial charge < -0.3 is 15.0 Å². The lowest BCUT2D eigenvalue weighted by molar-refractivity contribution is -0.151. The minimum atomic E-state index is -0.938. The average Bonchev–Trinajstić information content (AvgIpc) is 2.67. The van der Waals surface area contributed by atoms with Crippen molar-refractivity contribution < 1.29 is 14.3 Å². The molecule has 1 aliphatic rings. The van der Waals surface area contributed by atoms with Crippen molar-refractivity contribution in [2.45, 2.75) is 51.2 Å². The number of benzene rings is 1. The van der Waals surface area contributed by atoms with Crippen LogP contribution >= 0.6 is 0 Å². The van der Waals surface area contributed by atoms with E-state index >= 15 is 0 Å². The van der Waals surface area contributed by atoms with Crippen molar-refractivity contribution in [1.29, 1.82) is 5.26 Å². The predicted molar refractivity (Wildman–Crippen MR) is 105 cm³/mol. The molecule has 1 aliphatic carbocycles. The van der Waals surface area contributed by atoms with E-state index < -0.39 is 12.1 Å². The maximum atomic E-state index is 12.3. The lowest BCUT2D eigenvalue weighted by atomic mass is 9.95. The Morgan fingerprint density at radius 3 is 2.41 bits per heavy atom. The molecule has 1 aromatic carbocycles. The van der Waals surface area contributed by atoms with E-state index in [9.17, 15) is 14.9 Å². The van der Waals surface area contributed by atoms with Gasteiger partial charge in [0.25, 0.3) is 5.91 Å². The van der Waals surface area contributed by atoms with Crippen LogP contribution in [0.2, 0.25) is 0 Å². The van der Waals surface area contributed by atoms with Crippen LogP contribution in [0.1, 0.15) is 44.6 Å². The van der Waals surface area contributed by atoms with Gasteiger partial charge in [-0.05, 0) is 43.5 Å². The SMILES string of the molecule is C[C@H](OC(=O)/C(C#N)=C/c1ccc(N(C)C)cc1)C(=O)NC1CCCCC1. The highest BCUT2D eigenvalue weighted by molar-refractivity contribution is 5.99. The Morgan fingerprint density at radius 2 is 1.85 bits per heavy atom. The first-order valence-corrected chi connectivity index (χ1v) is 9.31.